The predicted octanol–water partition coefficient (Wildman–Crippen LogP) is 6.03. The number of aromatic amines is 1. The summed E-state index contributed by atoms with van der Waals surface area (Å²) >= 11 is 6.55. The molecule has 0 radical (unpaired) electrons. The van der Waals surface area contributed by atoms with Crippen LogP contribution in [0, 0.1) is 0 Å². The molecular weight excluding hydrogens is 807 g/mol. The molecule has 0 unspecified atom stereocenters. The number of carbonyl (C=O) groups is 3. The Balaban J connectivity index is 0.000000896. The Labute approximate surface area is 348 Å². The van der Waals surface area contributed by atoms with Crippen LogP contribution in [0.5, 0.6) is 5.75 Å². The average molecular weight is 852 g/mol. The third-order valence-electron chi connectivity index (χ3n) is 9.90. The number of piperidine rings is 1. The minimum atomic E-state index is -5.19. The Morgan fingerprint density at radius 1 is 0.933 bits per heavy atom. The lowest BCUT2D eigenvalue weighted by molar-refractivity contribution is -0.896. The van der Waals surface area contributed by atoms with E-state index in [-0.39, 0.29) is 41.8 Å². The summed E-state index contributed by atoms with van der Waals surface area (Å²) in [5.74, 6) is -3.28. The number of pyridine rings is 1. The molecule has 2 amide bonds. The molecule has 6 N–H and O–H groups in total. The van der Waals surface area contributed by atoms with Gasteiger partial charge in [0.15, 0.2) is 0 Å². The molecule has 1 aliphatic rings. The van der Waals surface area contributed by atoms with E-state index in [4.69, 9.17) is 26.2 Å². The van der Waals surface area contributed by atoms with Crippen LogP contribution < -0.4 is 26.6 Å². The number of alkyl halides is 3. The van der Waals surface area contributed by atoms with Gasteiger partial charge in [-0.25, -0.2) is 4.79 Å². The number of carbonyl (C=O) groups excluding carboxylic acids is 3. The molecule has 6 rings (SSSR count). The van der Waals surface area contributed by atoms with E-state index in [0.717, 1.165) is 52.7 Å². The topological polar surface area (TPSA) is 193 Å². The highest BCUT2D eigenvalue weighted by molar-refractivity contribution is 6.33. The molecule has 5 aromatic rings. The van der Waals surface area contributed by atoms with Crippen molar-refractivity contribution in [1.29, 1.82) is 0 Å². The third-order valence-corrected chi connectivity index (χ3v) is 10.2. The Bertz CT molecular complexity index is 2370. The Morgan fingerprint density at radius 2 is 1.62 bits per heavy atom. The van der Waals surface area contributed by atoms with E-state index < -0.39 is 24.3 Å². The number of phenolic OH excluding ortho intramolecular Hbond substituents is 1. The summed E-state index contributed by atoms with van der Waals surface area (Å²) in [4.78, 5) is 49.1. The zero-order chi connectivity index (χ0) is 43.6. The molecule has 60 heavy (non-hydrogen) atoms. The number of quaternary nitrogens is 1. The summed E-state index contributed by atoms with van der Waals surface area (Å²) in [6, 6.07) is 27.0. The number of ether oxygens (including phenoxy) is 1. The SMILES string of the molecule is C[N+]1(C)CCC(OC(=O)Nc2cc(CCC(=O)Nc3ccc(CNC[C@H](O)c4ccc(O)c5[nH]c(=O)ccc45)cc3Cl)ccc2-c2ccccc2)CC1.O=C([O-])C(F)(F)F. The summed E-state index contributed by atoms with van der Waals surface area (Å²) in [5.41, 5.74) is 5.16. The van der Waals surface area contributed by atoms with Crippen molar-refractivity contribution in [3.05, 3.63) is 123 Å². The molecule has 1 saturated heterocycles. The first kappa shape index (κ1) is 45.1. The van der Waals surface area contributed by atoms with E-state index in [1.54, 1.807) is 24.3 Å². The van der Waals surface area contributed by atoms with Crippen molar-refractivity contribution < 1.29 is 52.1 Å². The number of aromatic hydroxyl groups is 1. The second-order valence-electron chi connectivity index (χ2n) is 14.9. The second-order valence-corrected chi connectivity index (χ2v) is 15.3. The van der Waals surface area contributed by atoms with E-state index in [0.29, 0.717) is 40.3 Å². The van der Waals surface area contributed by atoms with Crippen LogP contribution in [-0.2, 0) is 27.3 Å². The molecule has 2 heterocycles. The van der Waals surface area contributed by atoms with Crippen LogP contribution in [0.2, 0.25) is 5.02 Å². The highest BCUT2D eigenvalue weighted by atomic mass is 35.5. The zero-order valence-electron chi connectivity index (χ0n) is 32.8. The highest BCUT2D eigenvalue weighted by Crippen LogP contribution is 2.31. The first-order valence-corrected chi connectivity index (χ1v) is 19.3. The van der Waals surface area contributed by atoms with Crippen molar-refractivity contribution in [2.45, 2.75) is 50.6 Å². The number of hydrogen-bond acceptors (Lipinski definition) is 9. The number of phenols is 1. The van der Waals surface area contributed by atoms with E-state index in [1.807, 2.05) is 54.6 Å². The van der Waals surface area contributed by atoms with Crippen LogP contribution in [0.4, 0.5) is 29.3 Å². The van der Waals surface area contributed by atoms with E-state index in [9.17, 15) is 37.8 Å². The third kappa shape index (κ3) is 12.8. The largest absolute Gasteiger partial charge is 0.542 e. The van der Waals surface area contributed by atoms with Gasteiger partial charge in [0, 0.05) is 49.4 Å². The maximum absolute atomic E-state index is 13.0. The number of aliphatic hydroxyl groups is 1. The van der Waals surface area contributed by atoms with Crippen molar-refractivity contribution in [3.63, 3.8) is 0 Å². The number of nitrogens with one attached hydrogen (secondary N) is 4. The number of likely N-dealkylation sites (tertiary alicyclic amines) is 1. The lowest BCUT2D eigenvalue weighted by atomic mass is 9.99. The van der Waals surface area contributed by atoms with Crippen molar-refractivity contribution in [2.24, 2.45) is 0 Å². The number of aromatic nitrogens is 1. The number of aliphatic hydroxyl groups excluding tert-OH is 1. The highest BCUT2D eigenvalue weighted by Gasteiger charge is 2.29. The summed E-state index contributed by atoms with van der Waals surface area (Å²) in [6.07, 6.45) is -4.42. The Hall–Kier alpha value is -5.94. The van der Waals surface area contributed by atoms with Crippen LogP contribution in [0.1, 0.15) is 42.1 Å². The van der Waals surface area contributed by atoms with Gasteiger partial charge in [-0.1, -0.05) is 66.2 Å². The number of amides is 2. The number of rotatable bonds is 12. The van der Waals surface area contributed by atoms with Gasteiger partial charge in [-0.15, -0.1) is 0 Å². The van der Waals surface area contributed by atoms with Gasteiger partial charge in [0.1, 0.15) is 17.8 Å². The van der Waals surface area contributed by atoms with Gasteiger partial charge in [-0.05, 0) is 59.0 Å². The quantitative estimate of drug-likeness (QED) is 0.0813. The maximum atomic E-state index is 13.0. The fourth-order valence-corrected chi connectivity index (χ4v) is 6.88. The number of carboxylic acid groups (broad SMARTS) is 1. The number of benzene rings is 4. The first-order chi connectivity index (χ1) is 28.4. The number of anilines is 2. The monoisotopic (exact) mass is 851 g/mol. The van der Waals surface area contributed by atoms with Gasteiger partial charge >= 0.3 is 12.3 Å². The maximum Gasteiger partial charge on any atom is 0.430 e. The molecule has 1 fully saturated rings. The molecule has 0 aliphatic carbocycles. The second kappa shape index (κ2) is 19.9. The fourth-order valence-electron chi connectivity index (χ4n) is 6.62. The number of carboxylic acids is 1. The van der Waals surface area contributed by atoms with Crippen LogP contribution in [0.25, 0.3) is 22.0 Å². The Kier molecular flexibility index (Phi) is 15.0. The molecule has 0 spiro atoms. The first-order valence-electron chi connectivity index (χ1n) is 19.0. The number of fused-ring (bicyclic) bond motifs is 1. The van der Waals surface area contributed by atoms with E-state index in [2.05, 4.69) is 35.0 Å². The molecule has 0 bridgehead atoms. The molecule has 318 valence electrons. The molecule has 4 aromatic carbocycles. The molecule has 13 nitrogen and oxygen atoms in total. The number of H-pyrrole nitrogens is 1. The van der Waals surface area contributed by atoms with Gasteiger partial charge in [0.05, 0.1) is 55.2 Å². The lowest BCUT2D eigenvalue weighted by Crippen LogP contribution is -2.48. The molecular formula is C43H45ClF3N5O8. The summed E-state index contributed by atoms with van der Waals surface area (Å²) in [7, 11) is 4.37. The normalized spacial score (nSPS) is 14.4. The van der Waals surface area contributed by atoms with Gasteiger partial charge in [-0.3, -0.25) is 14.9 Å². The van der Waals surface area contributed by atoms with Gasteiger partial charge in [-0.2, -0.15) is 13.2 Å². The smallest absolute Gasteiger partial charge is 0.430 e. The number of hydrogen-bond donors (Lipinski definition) is 6. The summed E-state index contributed by atoms with van der Waals surface area (Å²) < 4.78 is 38.3. The minimum Gasteiger partial charge on any atom is -0.542 e. The average Bonchev–Trinajstić information content (AvgIpc) is 3.19. The van der Waals surface area contributed by atoms with Crippen LogP contribution in [-0.4, -0.2) is 83.7 Å². The fraction of sp³-hybridized carbons (Fsp3) is 0.302. The van der Waals surface area contributed by atoms with Crippen LogP contribution >= 0.6 is 11.6 Å². The molecule has 0 saturated carbocycles. The summed E-state index contributed by atoms with van der Waals surface area (Å²) in [5, 5.41) is 39.8. The van der Waals surface area contributed by atoms with E-state index >= 15 is 0 Å². The minimum absolute atomic E-state index is 0.0696. The standard InChI is InChI=1S/C41H44ClN5O6.C2HF3O2/c1-47(2)20-18-29(19-21-47)53-41(52)45-35-23-26(8-11-30(35)28-6-4-3-5-7-28)10-16-38(50)44-34-14-9-27(22-33(34)42)24-43-25-37(49)31-12-15-36(48)40-32(31)13-17-39(51)46-40;3-2(4,5)1(6)7/h3-9,11-15,17,22-23,29,37,43,49H,10,16,18-21,24-25H2,1-2H3,(H3-,44,45,46,48,50,51,52);(H,6,7)/t37-;/m0./s1. The van der Waals surface area contributed by atoms with Crippen LogP contribution in [0.3, 0.4) is 0 Å². The van der Waals surface area contributed by atoms with Crippen molar-refractivity contribution in [2.75, 3.05) is 44.4 Å². The number of aryl methyl sites for hydroxylation is 1. The number of nitrogens with zero attached hydrogens (tertiary/aromatic N) is 1. The van der Waals surface area contributed by atoms with Crippen LogP contribution in [0.15, 0.2) is 95.8 Å². The number of halogens is 4. The number of aliphatic carboxylic acids is 1. The van der Waals surface area contributed by atoms with Crippen molar-refractivity contribution in [1.82, 2.24) is 10.3 Å². The lowest BCUT2D eigenvalue weighted by Gasteiger charge is -2.36. The van der Waals surface area contributed by atoms with Gasteiger partial charge < -0.3 is 45.0 Å². The van der Waals surface area contributed by atoms with E-state index in [1.165, 1.54) is 12.1 Å². The molecule has 1 atom stereocenters. The molecule has 1 aliphatic heterocycles. The zero-order valence-corrected chi connectivity index (χ0v) is 33.5. The molecule has 17 heteroatoms. The van der Waals surface area contributed by atoms with Gasteiger partial charge in [0.2, 0.25) is 11.5 Å². The molecule has 1 aromatic heterocycles. The van der Waals surface area contributed by atoms with Gasteiger partial charge in [0.25, 0.3) is 0 Å². The van der Waals surface area contributed by atoms with Crippen molar-refractivity contribution >= 4 is 51.8 Å². The predicted molar refractivity (Wildman–Crippen MR) is 219 cm³/mol. The Morgan fingerprint density at radius 3 is 2.28 bits per heavy atom. The summed E-state index contributed by atoms with van der Waals surface area (Å²) in [6.45, 7) is 2.52. The van der Waals surface area contributed by atoms with Crippen molar-refractivity contribution in [3.8, 4) is 16.9 Å².